The number of hydrogen-bond donors (Lipinski definition) is 1. The molecule has 20 heavy (non-hydrogen) atoms. The number of esters is 1. The first-order valence-electron chi connectivity index (χ1n) is 7.01. The van der Waals surface area contributed by atoms with Crippen LogP contribution in [0.25, 0.3) is 0 Å². The largest absolute Gasteiger partial charge is 0.480 e. The lowest BCUT2D eigenvalue weighted by atomic mass is 9.80. The van der Waals surface area contributed by atoms with Gasteiger partial charge in [-0.3, -0.25) is 9.59 Å². The smallest absolute Gasteiger partial charge is 0.323 e. The maximum absolute atomic E-state index is 12.0. The molecular formula is C16H22O4. The average Bonchev–Trinajstić information content (AvgIpc) is 2.44. The van der Waals surface area contributed by atoms with Crippen molar-refractivity contribution in [2.24, 2.45) is 5.41 Å². The normalized spacial score (nSPS) is 13.5. The molecule has 0 bridgehead atoms. The van der Waals surface area contributed by atoms with Gasteiger partial charge in [0.1, 0.15) is 0 Å². The van der Waals surface area contributed by atoms with Crippen LogP contribution in [0.2, 0.25) is 0 Å². The van der Waals surface area contributed by atoms with Crippen LogP contribution in [0.15, 0.2) is 30.3 Å². The van der Waals surface area contributed by atoms with Crippen LogP contribution < -0.4 is 0 Å². The first kappa shape index (κ1) is 16.2. The molecule has 0 aromatic heterocycles. The molecule has 0 aliphatic carbocycles. The second kappa shape index (κ2) is 7.68. The molecule has 0 heterocycles. The lowest BCUT2D eigenvalue weighted by Gasteiger charge is -2.25. The van der Waals surface area contributed by atoms with E-state index in [1.807, 2.05) is 30.3 Å². The maximum atomic E-state index is 12.0. The predicted molar refractivity (Wildman–Crippen MR) is 76.4 cm³/mol. The third-order valence-electron chi connectivity index (χ3n) is 3.59. The number of carbonyl (C=O) groups is 2. The van der Waals surface area contributed by atoms with Crippen LogP contribution in [-0.2, 0) is 20.7 Å². The highest BCUT2D eigenvalue weighted by Gasteiger charge is 2.45. The van der Waals surface area contributed by atoms with Crippen LogP contribution in [0, 0.1) is 5.41 Å². The molecule has 0 saturated heterocycles. The van der Waals surface area contributed by atoms with Gasteiger partial charge in [0.25, 0.3) is 0 Å². The highest BCUT2D eigenvalue weighted by molar-refractivity contribution is 5.99. The minimum atomic E-state index is -1.41. The molecule has 1 N–H and O–H groups in total. The predicted octanol–water partition coefficient (Wildman–Crippen LogP) is 3.05. The Kier molecular flexibility index (Phi) is 6.22. The van der Waals surface area contributed by atoms with E-state index in [0.717, 1.165) is 12.0 Å². The lowest BCUT2D eigenvalue weighted by molar-refractivity contribution is -0.169. The first-order valence-corrected chi connectivity index (χ1v) is 7.01. The first-order chi connectivity index (χ1) is 9.56. The van der Waals surface area contributed by atoms with Crippen molar-refractivity contribution in [3.63, 3.8) is 0 Å². The average molecular weight is 278 g/mol. The quantitative estimate of drug-likeness (QED) is 0.586. The van der Waals surface area contributed by atoms with E-state index in [-0.39, 0.29) is 13.0 Å². The second-order valence-electron chi connectivity index (χ2n) is 4.80. The summed E-state index contributed by atoms with van der Waals surface area (Å²) in [6, 6.07) is 9.84. The summed E-state index contributed by atoms with van der Waals surface area (Å²) < 4.78 is 4.94. The minimum absolute atomic E-state index is 0.201. The summed E-state index contributed by atoms with van der Waals surface area (Å²) in [4.78, 5) is 23.5. The molecular weight excluding hydrogens is 256 g/mol. The fourth-order valence-corrected chi connectivity index (χ4v) is 2.28. The number of rotatable bonds is 8. The van der Waals surface area contributed by atoms with E-state index in [0.29, 0.717) is 12.8 Å². The number of ether oxygens (including phenoxy) is 1. The zero-order chi connectivity index (χ0) is 15.0. The van der Waals surface area contributed by atoms with E-state index in [2.05, 4.69) is 0 Å². The number of aryl methyl sites for hydroxylation is 1. The summed E-state index contributed by atoms with van der Waals surface area (Å²) in [5.74, 6) is -1.71. The van der Waals surface area contributed by atoms with Crippen molar-refractivity contribution in [3.8, 4) is 0 Å². The summed E-state index contributed by atoms with van der Waals surface area (Å²) in [7, 11) is 0. The molecule has 0 fully saturated rings. The van der Waals surface area contributed by atoms with Gasteiger partial charge in [-0.1, -0.05) is 37.3 Å². The van der Waals surface area contributed by atoms with Crippen molar-refractivity contribution < 1.29 is 19.4 Å². The van der Waals surface area contributed by atoms with Crippen LogP contribution in [0.5, 0.6) is 0 Å². The van der Waals surface area contributed by atoms with Crippen molar-refractivity contribution in [1.82, 2.24) is 0 Å². The number of aliphatic carboxylic acids is 1. The molecule has 1 unspecified atom stereocenters. The van der Waals surface area contributed by atoms with Crippen LogP contribution in [0.3, 0.4) is 0 Å². The van der Waals surface area contributed by atoms with E-state index in [1.165, 1.54) is 0 Å². The molecule has 1 aromatic carbocycles. The fraction of sp³-hybridized carbons (Fsp3) is 0.500. The summed E-state index contributed by atoms with van der Waals surface area (Å²) in [6.07, 6.45) is 1.95. The molecule has 0 aliphatic rings. The molecule has 110 valence electrons. The number of hydrogen-bond acceptors (Lipinski definition) is 3. The van der Waals surface area contributed by atoms with Crippen LogP contribution in [0.4, 0.5) is 0 Å². The highest BCUT2D eigenvalue weighted by Crippen LogP contribution is 2.31. The Morgan fingerprint density at radius 2 is 1.85 bits per heavy atom. The topological polar surface area (TPSA) is 63.6 Å². The van der Waals surface area contributed by atoms with Gasteiger partial charge in [0.05, 0.1) is 6.61 Å². The molecule has 1 aromatic rings. The third kappa shape index (κ3) is 3.83. The van der Waals surface area contributed by atoms with E-state index < -0.39 is 17.4 Å². The zero-order valence-electron chi connectivity index (χ0n) is 12.1. The molecule has 0 saturated carbocycles. The Morgan fingerprint density at radius 1 is 1.20 bits per heavy atom. The highest BCUT2D eigenvalue weighted by atomic mass is 16.5. The summed E-state index contributed by atoms with van der Waals surface area (Å²) in [5.41, 5.74) is -0.267. The van der Waals surface area contributed by atoms with E-state index >= 15 is 0 Å². The second-order valence-corrected chi connectivity index (χ2v) is 4.80. The minimum Gasteiger partial charge on any atom is -0.480 e. The molecule has 0 amide bonds. The van der Waals surface area contributed by atoms with Gasteiger partial charge in [-0.2, -0.15) is 0 Å². The number of benzene rings is 1. The van der Waals surface area contributed by atoms with Crippen molar-refractivity contribution in [2.75, 3.05) is 6.61 Å². The van der Waals surface area contributed by atoms with Gasteiger partial charge in [-0.15, -0.1) is 0 Å². The standard InChI is InChI=1S/C16H22O4/c1-3-16(14(17)18,15(19)20-4-2)12-8-11-13-9-6-5-7-10-13/h5-7,9-10H,3-4,8,11-12H2,1-2H3,(H,17,18). The number of carboxylic acid groups (broad SMARTS) is 1. The van der Waals surface area contributed by atoms with Crippen LogP contribution >= 0.6 is 0 Å². The molecule has 1 rings (SSSR count). The fourth-order valence-electron chi connectivity index (χ4n) is 2.28. The monoisotopic (exact) mass is 278 g/mol. The Balaban J connectivity index is 2.70. The Labute approximate surface area is 119 Å². The van der Waals surface area contributed by atoms with Crippen molar-refractivity contribution >= 4 is 11.9 Å². The molecule has 0 aliphatic heterocycles. The molecule has 4 heteroatoms. The third-order valence-corrected chi connectivity index (χ3v) is 3.59. The van der Waals surface area contributed by atoms with E-state index in [9.17, 15) is 14.7 Å². The summed E-state index contributed by atoms with van der Waals surface area (Å²) in [6.45, 7) is 3.60. The Bertz CT molecular complexity index is 441. The lowest BCUT2D eigenvalue weighted by Crippen LogP contribution is -2.40. The van der Waals surface area contributed by atoms with Crippen molar-refractivity contribution in [1.29, 1.82) is 0 Å². The van der Waals surface area contributed by atoms with Crippen molar-refractivity contribution in [3.05, 3.63) is 35.9 Å². The van der Waals surface area contributed by atoms with Crippen LogP contribution in [0.1, 0.15) is 38.7 Å². The van der Waals surface area contributed by atoms with Gasteiger partial charge in [0.2, 0.25) is 0 Å². The summed E-state index contributed by atoms with van der Waals surface area (Å²) in [5, 5.41) is 9.42. The zero-order valence-corrected chi connectivity index (χ0v) is 12.1. The Hall–Kier alpha value is -1.84. The number of carboxylic acids is 1. The number of carbonyl (C=O) groups excluding carboxylic acids is 1. The van der Waals surface area contributed by atoms with E-state index in [1.54, 1.807) is 13.8 Å². The van der Waals surface area contributed by atoms with Crippen molar-refractivity contribution in [2.45, 2.75) is 39.5 Å². The van der Waals surface area contributed by atoms with Gasteiger partial charge < -0.3 is 9.84 Å². The molecule has 1 atom stereocenters. The molecule has 0 radical (unpaired) electrons. The van der Waals surface area contributed by atoms with Gasteiger partial charge in [-0.25, -0.2) is 0 Å². The van der Waals surface area contributed by atoms with Crippen LogP contribution in [-0.4, -0.2) is 23.7 Å². The summed E-state index contributed by atoms with van der Waals surface area (Å²) >= 11 is 0. The molecule has 0 spiro atoms. The molecule has 4 nitrogen and oxygen atoms in total. The maximum Gasteiger partial charge on any atom is 0.323 e. The van der Waals surface area contributed by atoms with Gasteiger partial charge in [0.15, 0.2) is 5.41 Å². The van der Waals surface area contributed by atoms with Gasteiger partial charge in [0, 0.05) is 0 Å². The van der Waals surface area contributed by atoms with Gasteiger partial charge >= 0.3 is 11.9 Å². The SMILES string of the molecule is CCOC(=O)C(CC)(CCCc1ccccc1)C(=O)O. The van der Waals surface area contributed by atoms with Gasteiger partial charge in [-0.05, 0) is 38.2 Å². The van der Waals surface area contributed by atoms with E-state index in [4.69, 9.17) is 4.74 Å². The Morgan fingerprint density at radius 3 is 2.35 bits per heavy atom.